The van der Waals surface area contributed by atoms with Crippen LogP contribution in [0.2, 0.25) is 5.82 Å². The zero-order valence-electron chi connectivity index (χ0n) is 20.7. The van der Waals surface area contributed by atoms with Crippen molar-refractivity contribution >= 4 is 36.2 Å². The smallest absolute Gasteiger partial charge is 0.408 e. The molecule has 1 atom stereocenters. The highest BCUT2D eigenvalue weighted by Gasteiger charge is 2.54. The first-order chi connectivity index (χ1) is 16.3. The molecule has 0 bridgehead atoms. The van der Waals surface area contributed by atoms with Gasteiger partial charge in [0.05, 0.1) is 11.2 Å². The maximum Gasteiger partial charge on any atom is 0.498 e. The molecule has 3 aromatic rings. The molecule has 0 spiro atoms. The Hall–Kier alpha value is -2.91. The largest absolute Gasteiger partial charge is 0.498 e. The number of hydrogen-bond donors (Lipinski definition) is 2. The minimum absolute atomic E-state index is 0.0388. The Bertz CT molecular complexity index is 1210. The van der Waals surface area contributed by atoms with Gasteiger partial charge in [-0.2, -0.15) is 0 Å². The molecule has 1 fully saturated rings. The standard InChI is InChI=1S/C28H32B2N2O2/c1-6-12-22(30-33-27(2,3)28(4,5)34-30)23(19-20-13-8-7-9-14-20)29-31-24-17-10-15-21-16-11-18-25(32-29)26(21)24/h6-11,13-18,23,31-32H,19H2,1-5H3. The van der Waals surface area contributed by atoms with E-state index >= 15 is 0 Å². The average molecular weight is 450 g/mol. The van der Waals surface area contributed by atoms with Crippen LogP contribution < -0.4 is 10.5 Å². The number of nitrogens with one attached hydrogen (secondary N) is 2. The highest BCUT2D eigenvalue weighted by molar-refractivity contribution is 6.73. The topological polar surface area (TPSA) is 42.5 Å². The van der Waals surface area contributed by atoms with Gasteiger partial charge in [-0.1, -0.05) is 54.6 Å². The Labute approximate surface area is 203 Å². The zero-order chi connectivity index (χ0) is 23.9. The molecule has 3 aromatic carbocycles. The zero-order valence-corrected chi connectivity index (χ0v) is 20.7. The van der Waals surface area contributed by atoms with Crippen LogP contribution in [0.15, 0.2) is 84.0 Å². The van der Waals surface area contributed by atoms with Gasteiger partial charge >= 0.3 is 14.1 Å². The van der Waals surface area contributed by atoms with Crippen molar-refractivity contribution in [2.45, 2.75) is 58.1 Å². The summed E-state index contributed by atoms with van der Waals surface area (Å²) in [4.78, 5) is 0. The molecule has 2 heterocycles. The van der Waals surface area contributed by atoms with Crippen LogP contribution in [0.4, 0.5) is 11.4 Å². The van der Waals surface area contributed by atoms with E-state index in [1.165, 1.54) is 16.3 Å². The van der Waals surface area contributed by atoms with E-state index in [-0.39, 0.29) is 12.8 Å². The van der Waals surface area contributed by atoms with Gasteiger partial charge in [-0.05, 0) is 70.2 Å². The van der Waals surface area contributed by atoms with Gasteiger partial charge in [-0.3, -0.25) is 0 Å². The fourth-order valence-electron chi connectivity index (χ4n) is 4.92. The van der Waals surface area contributed by atoms with Gasteiger partial charge in [0, 0.05) is 28.1 Å². The fourth-order valence-corrected chi connectivity index (χ4v) is 4.92. The van der Waals surface area contributed by atoms with Crippen molar-refractivity contribution in [2.24, 2.45) is 0 Å². The first-order valence-corrected chi connectivity index (χ1v) is 12.1. The molecule has 0 saturated carbocycles. The summed E-state index contributed by atoms with van der Waals surface area (Å²) >= 11 is 0. The van der Waals surface area contributed by atoms with E-state index in [0.717, 1.165) is 23.3 Å². The van der Waals surface area contributed by atoms with Gasteiger partial charge in [0.15, 0.2) is 0 Å². The number of hydrogen-bond acceptors (Lipinski definition) is 4. The fraction of sp³-hybridized carbons (Fsp3) is 0.321. The maximum absolute atomic E-state index is 6.52. The van der Waals surface area contributed by atoms with Gasteiger partial charge < -0.3 is 19.8 Å². The number of benzene rings is 3. The lowest BCUT2D eigenvalue weighted by Crippen LogP contribution is -2.45. The van der Waals surface area contributed by atoms with E-state index in [0.29, 0.717) is 0 Å². The third-order valence-electron chi connectivity index (χ3n) is 7.45. The third kappa shape index (κ3) is 4.07. The van der Waals surface area contributed by atoms with E-state index in [2.05, 4.69) is 111 Å². The van der Waals surface area contributed by atoms with Gasteiger partial charge in [-0.25, -0.2) is 0 Å². The van der Waals surface area contributed by atoms with E-state index in [4.69, 9.17) is 9.31 Å². The molecular formula is C28H32B2N2O2. The van der Waals surface area contributed by atoms with Gasteiger partial charge in [-0.15, -0.1) is 5.73 Å². The molecule has 0 aliphatic carbocycles. The third-order valence-corrected chi connectivity index (χ3v) is 7.45. The van der Waals surface area contributed by atoms with Crippen LogP contribution in [0.25, 0.3) is 10.8 Å². The number of anilines is 2. The Morgan fingerprint density at radius 2 is 1.47 bits per heavy atom. The lowest BCUT2D eigenvalue weighted by atomic mass is 9.49. The summed E-state index contributed by atoms with van der Waals surface area (Å²) in [5.41, 5.74) is 7.26. The summed E-state index contributed by atoms with van der Waals surface area (Å²) in [5, 5.41) is 10.0. The SMILES string of the molecule is CC=C=C(B1OC(C)(C)C(C)(C)O1)C(Cc1ccccc1)B1Nc2cccc3cccc(c23)N1. The highest BCUT2D eigenvalue weighted by Crippen LogP contribution is 2.43. The lowest BCUT2D eigenvalue weighted by molar-refractivity contribution is 0.00578. The van der Waals surface area contributed by atoms with Crippen LogP contribution in [-0.4, -0.2) is 25.3 Å². The van der Waals surface area contributed by atoms with Crippen LogP contribution in [-0.2, 0) is 15.7 Å². The predicted molar refractivity (Wildman–Crippen MR) is 144 cm³/mol. The van der Waals surface area contributed by atoms with Crippen molar-refractivity contribution in [3.8, 4) is 0 Å². The quantitative estimate of drug-likeness (QED) is 0.344. The van der Waals surface area contributed by atoms with Gasteiger partial charge in [0.25, 0.3) is 0 Å². The Morgan fingerprint density at radius 1 is 0.882 bits per heavy atom. The van der Waals surface area contributed by atoms with E-state index in [1.54, 1.807) is 0 Å². The molecule has 0 amide bonds. The summed E-state index contributed by atoms with van der Waals surface area (Å²) in [7, 11) is -0.466. The molecule has 2 aliphatic heterocycles. The monoisotopic (exact) mass is 450 g/mol. The average Bonchev–Trinajstić information content (AvgIpc) is 3.03. The minimum atomic E-state index is -0.466. The molecule has 0 radical (unpaired) electrons. The van der Waals surface area contributed by atoms with Crippen LogP contribution in [0.1, 0.15) is 40.2 Å². The van der Waals surface area contributed by atoms with Crippen molar-refractivity contribution in [1.29, 1.82) is 0 Å². The molecule has 34 heavy (non-hydrogen) atoms. The van der Waals surface area contributed by atoms with Crippen molar-refractivity contribution in [1.82, 2.24) is 0 Å². The molecule has 2 N–H and O–H groups in total. The molecule has 6 heteroatoms. The molecule has 1 saturated heterocycles. The number of rotatable bonds is 5. The van der Waals surface area contributed by atoms with Crippen molar-refractivity contribution in [3.63, 3.8) is 0 Å². The first kappa shape index (κ1) is 22.9. The maximum atomic E-state index is 6.52. The van der Waals surface area contributed by atoms with Crippen molar-refractivity contribution < 1.29 is 9.31 Å². The predicted octanol–water partition coefficient (Wildman–Crippen LogP) is 6.51. The molecular weight excluding hydrogens is 418 g/mol. The second-order valence-electron chi connectivity index (χ2n) is 10.2. The second kappa shape index (κ2) is 8.70. The molecule has 5 rings (SSSR count). The summed E-state index contributed by atoms with van der Waals surface area (Å²) in [6.07, 6.45) is 2.79. The van der Waals surface area contributed by atoms with E-state index < -0.39 is 18.3 Å². The first-order valence-electron chi connectivity index (χ1n) is 12.1. The van der Waals surface area contributed by atoms with Crippen molar-refractivity contribution in [2.75, 3.05) is 10.5 Å². The van der Waals surface area contributed by atoms with E-state index in [1.807, 2.05) is 13.0 Å². The Balaban J connectivity index is 1.56. The lowest BCUT2D eigenvalue weighted by Gasteiger charge is -2.33. The molecule has 172 valence electrons. The summed E-state index contributed by atoms with van der Waals surface area (Å²) in [6, 6.07) is 23.5. The molecule has 0 aromatic heterocycles. The molecule has 1 unspecified atom stereocenters. The molecule has 2 aliphatic rings. The van der Waals surface area contributed by atoms with Crippen LogP contribution in [0, 0.1) is 0 Å². The summed E-state index contributed by atoms with van der Waals surface area (Å²) < 4.78 is 13.0. The van der Waals surface area contributed by atoms with E-state index in [9.17, 15) is 0 Å². The Morgan fingerprint density at radius 3 is 2.03 bits per heavy atom. The minimum Gasteiger partial charge on any atom is -0.408 e. The summed E-state index contributed by atoms with van der Waals surface area (Å²) in [5.74, 6) is 0.0388. The Kier molecular flexibility index (Phi) is 5.85. The normalized spacial score (nSPS) is 18.6. The van der Waals surface area contributed by atoms with Gasteiger partial charge in [0.2, 0.25) is 0 Å². The number of allylic oxidation sites excluding steroid dienone is 1. The second-order valence-corrected chi connectivity index (χ2v) is 10.2. The summed E-state index contributed by atoms with van der Waals surface area (Å²) in [6.45, 7) is 10.3. The van der Waals surface area contributed by atoms with Gasteiger partial charge in [0.1, 0.15) is 0 Å². The highest BCUT2D eigenvalue weighted by atomic mass is 16.7. The van der Waals surface area contributed by atoms with Crippen LogP contribution in [0.3, 0.4) is 0 Å². The van der Waals surface area contributed by atoms with Crippen molar-refractivity contribution in [3.05, 3.63) is 89.6 Å². The molecule has 4 nitrogen and oxygen atoms in total. The van der Waals surface area contributed by atoms with Crippen LogP contribution in [0.5, 0.6) is 0 Å². The van der Waals surface area contributed by atoms with Crippen LogP contribution >= 0.6 is 0 Å².